The van der Waals surface area contributed by atoms with Gasteiger partial charge < -0.3 is 5.73 Å². The predicted molar refractivity (Wildman–Crippen MR) is 60.3 cm³/mol. The van der Waals surface area contributed by atoms with Gasteiger partial charge in [0.05, 0.1) is 0 Å². The van der Waals surface area contributed by atoms with E-state index < -0.39 is 0 Å². The van der Waals surface area contributed by atoms with Crippen LogP contribution in [0.25, 0.3) is 0 Å². The lowest BCUT2D eigenvalue weighted by Gasteiger charge is -2.39. The summed E-state index contributed by atoms with van der Waals surface area (Å²) in [5, 5.41) is 0. The van der Waals surface area contributed by atoms with E-state index in [1.54, 1.807) is 0 Å². The van der Waals surface area contributed by atoms with Crippen molar-refractivity contribution in [2.75, 3.05) is 13.3 Å². The number of hydrogen-bond donors (Lipinski definition) is 2. The van der Waals surface area contributed by atoms with E-state index in [9.17, 15) is 0 Å². The summed E-state index contributed by atoms with van der Waals surface area (Å²) in [6.45, 7) is 3.54. The monoisotopic (exact) mass is 211 g/mol. The van der Waals surface area contributed by atoms with Crippen LogP contribution in [0.4, 0.5) is 0 Å². The Morgan fingerprint density at radius 1 is 1.67 bits per heavy atom. The molecule has 0 aromatic rings. The summed E-state index contributed by atoms with van der Waals surface area (Å²) in [6.07, 6.45) is 6.05. The highest BCUT2D eigenvalue weighted by Gasteiger charge is 2.35. The number of amidine groups is 1. The van der Waals surface area contributed by atoms with Crippen molar-refractivity contribution >= 4 is 5.84 Å². The van der Waals surface area contributed by atoms with Crippen molar-refractivity contribution in [2.24, 2.45) is 22.1 Å². The smallest absolute Gasteiger partial charge is 0.166 e. The minimum absolute atomic E-state index is 0.261. The normalized spacial score (nSPS) is 36.1. The van der Waals surface area contributed by atoms with Crippen molar-refractivity contribution in [1.29, 1.82) is 0 Å². The highest BCUT2D eigenvalue weighted by Crippen LogP contribution is 2.41. The van der Waals surface area contributed by atoms with Crippen LogP contribution in [-0.4, -0.2) is 19.1 Å². The zero-order chi connectivity index (χ0) is 10.7. The summed E-state index contributed by atoms with van der Waals surface area (Å²) in [6, 6.07) is 0. The number of nitrogens with zero attached hydrogens (tertiary/aromatic N) is 1. The molecule has 86 valence electrons. The molecule has 4 heteroatoms. The van der Waals surface area contributed by atoms with E-state index in [1.807, 2.05) is 0 Å². The van der Waals surface area contributed by atoms with Crippen LogP contribution in [0.5, 0.6) is 0 Å². The second-order valence-corrected chi connectivity index (χ2v) is 5.06. The lowest BCUT2D eigenvalue weighted by Crippen LogP contribution is -2.39. The first-order valence-corrected chi connectivity index (χ1v) is 5.85. The first-order valence-electron chi connectivity index (χ1n) is 5.85. The second-order valence-electron chi connectivity index (χ2n) is 5.06. The van der Waals surface area contributed by atoms with E-state index in [4.69, 9.17) is 10.6 Å². The Bertz CT molecular complexity index is 254. The van der Waals surface area contributed by atoms with Crippen LogP contribution in [-0.2, 0) is 4.84 Å². The van der Waals surface area contributed by atoms with E-state index in [0.717, 1.165) is 24.7 Å². The van der Waals surface area contributed by atoms with Gasteiger partial charge >= 0.3 is 0 Å². The Morgan fingerprint density at radius 2 is 2.53 bits per heavy atom. The van der Waals surface area contributed by atoms with E-state index in [2.05, 4.69) is 17.4 Å². The van der Waals surface area contributed by atoms with Crippen LogP contribution in [0.1, 0.15) is 39.0 Å². The molecule has 2 aliphatic rings. The van der Waals surface area contributed by atoms with Crippen LogP contribution in [0.2, 0.25) is 0 Å². The van der Waals surface area contributed by atoms with Gasteiger partial charge in [-0.15, -0.1) is 0 Å². The molecule has 1 fully saturated rings. The predicted octanol–water partition coefficient (Wildman–Crippen LogP) is 1.42. The van der Waals surface area contributed by atoms with E-state index in [0.29, 0.717) is 6.73 Å². The molecular formula is C11H21N3O. The van der Waals surface area contributed by atoms with Crippen LogP contribution < -0.4 is 11.2 Å². The standard InChI is InChI=1S/C11H21N3O/c1-9-3-2-4-11(5-9,7-12)6-10-13-8-15-14-10/h9H,2-8,12H2,1H3,(H,13,14). The van der Waals surface area contributed by atoms with Gasteiger partial charge in [0.1, 0.15) is 5.84 Å². The maximum absolute atomic E-state index is 5.95. The quantitative estimate of drug-likeness (QED) is 0.742. The number of hydroxylamine groups is 1. The molecule has 2 rings (SSSR count). The molecule has 4 nitrogen and oxygen atoms in total. The van der Waals surface area contributed by atoms with E-state index >= 15 is 0 Å². The summed E-state index contributed by atoms with van der Waals surface area (Å²) < 4.78 is 0. The van der Waals surface area contributed by atoms with Gasteiger partial charge in [-0.1, -0.05) is 19.8 Å². The summed E-state index contributed by atoms with van der Waals surface area (Å²) in [7, 11) is 0. The Kier molecular flexibility index (Phi) is 3.26. The number of nitrogens with two attached hydrogens (primary N) is 1. The number of hydrogen-bond acceptors (Lipinski definition) is 4. The van der Waals surface area contributed by atoms with E-state index in [-0.39, 0.29) is 5.41 Å². The third-order valence-corrected chi connectivity index (χ3v) is 3.67. The summed E-state index contributed by atoms with van der Waals surface area (Å²) in [4.78, 5) is 9.30. The zero-order valence-electron chi connectivity index (χ0n) is 9.46. The minimum atomic E-state index is 0.261. The third kappa shape index (κ3) is 2.49. The number of nitrogens with one attached hydrogen (secondary N) is 1. The molecule has 0 saturated heterocycles. The second kappa shape index (κ2) is 4.49. The van der Waals surface area contributed by atoms with Crippen molar-refractivity contribution in [3.8, 4) is 0 Å². The molecular weight excluding hydrogens is 190 g/mol. The molecule has 15 heavy (non-hydrogen) atoms. The summed E-state index contributed by atoms with van der Waals surface area (Å²) >= 11 is 0. The molecule has 0 radical (unpaired) electrons. The average molecular weight is 211 g/mol. The number of rotatable bonds is 3. The molecule has 0 bridgehead atoms. The zero-order valence-corrected chi connectivity index (χ0v) is 9.46. The van der Waals surface area contributed by atoms with Crippen LogP contribution in [0.3, 0.4) is 0 Å². The van der Waals surface area contributed by atoms with Crippen molar-refractivity contribution in [3.05, 3.63) is 0 Å². The van der Waals surface area contributed by atoms with Crippen LogP contribution in [0.15, 0.2) is 4.99 Å². The fourth-order valence-electron chi connectivity index (χ4n) is 2.89. The van der Waals surface area contributed by atoms with Crippen molar-refractivity contribution < 1.29 is 4.84 Å². The van der Waals surface area contributed by atoms with Gasteiger partial charge in [-0.3, -0.25) is 10.3 Å². The maximum atomic E-state index is 5.95. The first kappa shape index (κ1) is 10.9. The summed E-state index contributed by atoms with van der Waals surface area (Å²) in [5.41, 5.74) is 9.09. The molecule has 1 saturated carbocycles. The molecule has 0 spiro atoms. The highest BCUT2D eigenvalue weighted by atomic mass is 16.7. The third-order valence-electron chi connectivity index (χ3n) is 3.67. The molecule has 0 aromatic heterocycles. The molecule has 1 heterocycles. The maximum Gasteiger partial charge on any atom is 0.166 e. The SMILES string of the molecule is CC1CCCC(CN)(CC2=NCON2)C1. The molecule has 3 N–H and O–H groups in total. The van der Waals surface area contributed by atoms with Crippen molar-refractivity contribution in [3.63, 3.8) is 0 Å². The van der Waals surface area contributed by atoms with Crippen LogP contribution >= 0.6 is 0 Å². The molecule has 0 amide bonds. The van der Waals surface area contributed by atoms with Crippen molar-refractivity contribution in [1.82, 2.24) is 5.48 Å². The molecule has 2 unspecified atom stereocenters. The Hall–Kier alpha value is -0.610. The van der Waals surface area contributed by atoms with Gasteiger partial charge in [0.25, 0.3) is 0 Å². The largest absolute Gasteiger partial charge is 0.330 e. The highest BCUT2D eigenvalue weighted by molar-refractivity contribution is 5.82. The summed E-state index contributed by atoms with van der Waals surface area (Å²) in [5.74, 6) is 1.78. The Morgan fingerprint density at radius 3 is 3.13 bits per heavy atom. The molecule has 2 atom stereocenters. The van der Waals surface area contributed by atoms with Gasteiger partial charge in [-0.2, -0.15) is 0 Å². The van der Waals surface area contributed by atoms with E-state index in [1.165, 1.54) is 25.7 Å². The molecule has 1 aliphatic heterocycles. The first-order chi connectivity index (χ1) is 7.24. The molecule has 1 aliphatic carbocycles. The van der Waals surface area contributed by atoms with Gasteiger partial charge in [0, 0.05) is 6.42 Å². The van der Waals surface area contributed by atoms with Crippen LogP contribution in [0, 0.1) is 11.3 Å². The average Bonchev–Trinajstić information content (AvgIpc) is 2.70. The lowest BCUT2D eigenvalue weighted by atomic mass is 9.68. The number of aliphatic imine (C=N–C) groups is 1. The van der Waals surface area contributed by atoms with Gasteiger partial charge in [0.15, 0.2) is 6.73 Å². The van der Waals surface area contributed by atoms with Gasteiger partial charge in [-0.05, 0) is 30.7 Å². The lowest BCUT2D eigenvalue weighted by molar-refractivity contribution is 0.108. The topological polar surface area (TPSA) is 59.6 Å². The fourth-order valence-corrected chi connectivity index (χ4v) is 2.89. The van der Waals surface area contributed by atoms with Gasteiger partial charge in [-0.25, -0.2) is 4.99 Å². The fraction of sp³-hybridized carbons (Fsp3) is 0.909. The minimum Gasteiger partial charge on any atom is -0.330 e. The molecule has 0 aromatic carbocycles. The van der Waals surface area contributed by atoms with Gasteiger partial charge in [0.2, 0.25) is 0 Å². The van der Waals surface area contributed by atoms with Crippen molar-refractivity contribution in [2.45, 2.75) is 39.0 Å². The Labute approximate surface area is 91.2 Å². The Balaban J connectivity index is 2.00.